The van der Waals surface area contributed by atoms with E-state index in [2.05, 4.69) is 5.32 Å². The monoisotopic (exact) mass is 485 g/mol. The van der Waals surface area contributed by atoms with Gasteiger partial charge in [0.25, 0.3) is 0 Å². The van der Waals surface area contributed by atoms with Crippen molar-refractivity contribution in [2.75, 3.05) is 0 Å². The Bertz CT molecular complexity index is 1260. The summed E-state index contributed by atoms with van der Waals surface area (Å²) in [6, 6.07) is 21.2. The molecule has 3 amide bonds. The van der Waals surface area contributed by atoms with Crippen molar-refractivity contribution in [2.24, 2.45) is 5.73 Å². The van der Waals surface area contributed by atoms with E-state index in [1.165, 1.54) is 4.90 Å². The molecule has 3 N–H and O–H groups in total. The van der Waals surface area contributed by atoms with Crippen LogP contribution in [0.25, 0.3) is 0 Å². The highest BCUT2D eigenvalue weighted by Gasteiger charge is 2.37. The molecule has 0 bridgehead atoms. The lowest BCUT2D eigenvalue weighted by Crippen LogP contribution is -2.56. The van der Waals surface area contributed by atoms with Crippen LogP contribution < -0.4 is 11.1 Å². The lowest BCUT2D eigenvalue weighted by molar-refractivity contribution is -0.131. The van der Waals surface area contributed by atoms with Gasteiger partial charge in [0.2, 0.25) is 11.8 Å². The van der Waals surface area contributed by atoms with Crippen LogP contribution in [0, 0.1) is 13.8 Å². The Labute approximate surface area is 211 Å². The third kappa shape index (κ3) is 5.92. The molecule has 0 aromatic heterocycles. The van der Waals surface area contributed by atoms with E-state index in [1.807, 2.05) is 86.6 Å². The van der Waals surface area contributed by atoms with Gasteiger partial charge in [-0.1, -0.05) is 72.8 Å². The molecule has 0 saturated heterocycles. The van der Waals surface area contributed by atoms with Gasteiger partial charge in [0.1, 0.15) is 18.7 Å². The van der Waals surface area contributed by atoms with Gasteiger partial charge in [-0.15, -0.1) is 0 Å². The number of rotatable bonds is 7. The number of primary amides is 1. The first-order chi connectivity index (χ1) is 17.3. The summed E-state index contributed by atoms with van der Waals surface area (Å²) in [5.74, 6) is -1.07. The van der Waals surface area contributed by atoms with Gasteiger partial charge in [0.15, 0.2) is 0 Å². The number of fused-ring (bicyclic) bond motifs is 1. The number of hydrogen-bond donors (Lipinski definition) is 2. The van der Waals surface area contributed by atoms with Crippen LogP contribution in [0.2, 0.25) is 0 Å². The quantitative estimate of drug-likeness (QED) is 0.534. The van der Waals surface area contributed by atoms with Gasteiger partial charge in [0, 0.05) is 12.8 Å². The molecule has 4 rings (SSSR count). The van der Waals surface area contributed by atoms with Gasteiger partial charge < -0.3 is 15.8 Å². The average Bonchev–Trinajstić information content (AvgIpc) is 2.88. The molecule has 0 aliphatic carbocycles. The Kier molecular flexibility index (Phi) is 7.68. The molecule has 186 valence electrons. The summed E-state index contributed by atoms with van der Waals surface area (Å²) in [4.78, 5) is 40.2. The summed E-state index contributed by atoms with van der Waals surface area (Å²) in [5, 5.41) is 2.80. The lowest BCUT2D eigenvalue weighted by atomic mass is 9.93. The first-order valence-electron chi connectivity index (χ1n) is 12.0. The Morgan fingerprint density at radius 3 is 2.33 bits per heavy atom. The van der Waals surface area contributed by atoms with Crippen LogP contribution >= 0.6 is 0 Å². The average molecular weight is 486 g/mol. The van der Waals surface area contributed by atoms with Crippen LogP contribution in [0.1, 0.15) is 33.4 Å². The predicted molar refractivity (Wildman–Crippen MR) is 137 cm³/mol. The molecule has 3 aromatic carbocycles. The Balaban J connectivity index is 1.52. The SMILES string of the molecule is Cc1ccc(C[C@@H](NC(=O)[C@@H]2Cc3ccccc3CN2C(=O)OCc2ccccc2)C(N)=O)cc1C. The van der Waals surface area contributed by atoms with Crippen molar-refractivity contribution in [3.8, 4) is 0 Å². The summed E-state index contributed by atoms with van der Waals surface area (Å²) in [5.41, 5.74) is 11.6. The highest BCUT2D eigenvalue weighted by molar-refractivity contribution is 5.91. The van der Waals surface area contributed by atoms with Crippen LogP contribution in [0.15, 0.2) is 72.8 Å². The fourth-order valence-electron chi connectivity index (χ4n) is 4.41. The molecule has 1 aliphatic heterocycles. The molecule has 7 heteroatoms. The van der Waals surface area contributed by atoms with Crippen molar-refractivity contribution >= 4 is 17.9 Å². The molecule has 0 radical (unpaired) electrons. The summed E-state index contributed by atoms with van der Waals surface area (Å²) >= 11 is 0. The van der Waals surface area contributed by atoms with Gasteiger partial charge in [-0.2, -0.15) is 0 Å². The molecule has 3 aromatic rings. The van der Waals surface area contributed by atoms with Gasteiger partial charge in [-0.3, -0.25) is 14.5 Å². The van der Waals surface area contributed by atoms with E-state index in [0.717, 1.165) is 33.4 Å². The zero-order chi connectivity index (χ0) is 25.7. The number of nitrogens with one attached hydrogen (secondary N) is 1. The largest absolute Gasteiger partial charge is 0.445 e. The second kappa shape index (κ2) is 11.1. The van der Waals surface area contributed by atoms with Gasteiger partial charge in [-0.25, -0.2) is 4.79 Å². The topological polar surface area (TPSA) is 102 Å². The van der Waals surface area contributed by atoms with Crippen molar-refractivity contribution in [3.05, 3.63) is 106 Å². The zero-order valence-corrected chi connectivity index (χ0v) is 20.6. The molecule has 0 saturated carbocycles. The maximum Gasteiger partial charge on any atom is 0.411 e. The minimum atomic E-state index is -0.904. The number of amides is 3. The first kappa shape index (κ1) is 25.0. The van der Waals surface area contributed by atoms with E-state index in [0.29, 0.717) is 6.42 Å². The maximum absolute atomic E-state index is 13.5. The lowest BCUT2D eigenvalue weighted by Gasteiger charge is -2.35. The fraction of sp³-hybridized carbons (Fsp3) is 0.276. The highest BCUT2D eigenvalue weighted by Crippen LogP contribution is 2.25. The molecule has 0 fully saturated rings. The van der Waals surface area contributed by atoms with E-state index < -0.39 is 30.0 Å². The number of nitrogens with zero attached hydrogens (tertiary/aromatic N) is 1. The number of carbonyl (C=O) groups is 3. The van der Waals surface area contributed by atoms with E-state index in [-0.39, 0.29) is 19.6 Å². The van der Waals surface area contributed by atoms with E-state index in [1.54, 1.807) is 0 Å². The normalized spacial score (nSPS) is 15.5. The molecule has 36 heavy (non-hydrogen) atoms. The molecule has 0 spiro atoms. The number of ether oxygens (including phenoxy) is 1. The zero-order valence-electron chi connectivity index (χ0n) is 20.6. The summed E-state index contributed by atoms with van der Waals surface area (Å²) in [6.07, 6.45) is -0.0000756. The second-order valence-electron chi connectivity index (χ2n) is 9.24. The number of nitrogens with two attached hydrogens (primary N) is 1. The summed E-state index contributed by atoms with van der Waals surface area (Å²) in [7, 11) is 0. The molecule has 1 heterocycles. The molecular weight excluding hydrogens is 454 g/mol. The molecular formula is C29H31N3O4. The van der Waals surface area contributed by atoms with Gasteiger partial charge >= 0.3 is 6.09 Å². The van der Waals surface area contributed by atoms with E-state index in [4.69, 9.17) is 10.5 Å². The predicted octanol–water partition coefficient (Wildman–Crippen LogP) is 3.58. The fourth-order valence-corrected chi connectivity index (χ4v) is 4.41. The summed E-state index contributed by atoms with van der Waals surface area (Å²) in [6.45, 7) is 4.34. The third-order valence-corrected chi connectivity index (χ3v) is 6.66. The molecule has 7 nitrogen and oxygen atoms in total. The smallest absolute Gasteiger partial charge is 0.411 e. The van der Waals surface area contributed by atoms with Gasteiger partial charge in [0.05, 0.1) is 6.54 Å². The van der Waals surface area contributed by atoms with Crippen molar-refractivity contribution in [2.45, 2.75) is 51.9 Å². The van der Waals surface area contributed by atoms with E-state index in [9.17, 15) is 14.4 Å². The van der Waals surface area contributed by atoms with Crippen molar-refractivity contribution in [1.29, 1.82) is 0 Å². The highest BCUT2D eigenvalue weighted by atomic mass is 16.6. The number of hydrogen-bond acceptors (Lipinski definition) is 4. The maximum atomic E-state index is 13.5. The number of carbonyl (C=O) groups excluding carboxylic acids is 3. The van der Waals surface area contributed by atoms with Crippen LogP contribution in [0.5, 0.6) is 0 Å². The van der Waals surface area contributed by atoms with Crippen molar-refractivity contribution < 1.29 is 19.1 Å². The van der Waals surface area contributed by atoms with Crippen LogP contribution in [-0.4, -0.2) is 34.9 Å². The van der Waals surface area contributed by atoms with Crippen LogP contribution in [0.3, 0.4) is 0 Å². The molecule has 2 atom stereocenters. The molecule has 0 unspecified atom stereocenters. The molecule has 1 aliphatic rings. The Morgan fingerprint density at radius 2 is 1.64 bits per heavy atom. The number of benzene rings is 3. The van der Waals surface area contributed by atoms with Gasteiger partial charge in [-0.05, 0) is 47.2 Å². The Morgan fingerprint density at radius 1 is 0.944 bits per heavy atom. The van der Waals surface area contributed by atoms with Crippen LogP contribution in [0.4, 0.5) is 4.79 Å². The standard InChI is InChI=1S/C29H31N3O4/c1-19-12-13-22(14-20(19)2)15-25(27(30)33)31-28(34)26-16-23-10-6-7-11-24(23)17-32(26)29(35)36-18-21-8-4-3-5-9-21/h3-14,25-26H,15-18H2,1-2H3,(H2,30,33)(H,31,34)/t25-,26+/m1/s1. The first-order valence-corrected chi connectivity index (χ1v) is 12.0. The minimum absolute atomic E-state index is 0.100. The van der Waals surface area contributed by atoms with Crippen molar-refractivity contribution in [1.82, 2.24) is 10.2 Å². The summed E-state index contributed by atoms with van der Waals surface area (Å²) < 4.78 is 5.55. The van der Waals surface area contributed by atoms with Crippen molar-refractivity contribution in [3.63, 3.8) is 0 Å². The second-order valence-corrected chi connectivity index (χ2v) is 9.24. The Hall–Kier alpha value is -4.13. The van der Waals surface area contributed by atoms with Crippen LogP contribution in [-0.2, 0) is 40.3 Å². The third-order valence-electron chi connectivity index (χ3n) is 6.66. The number of aryl methyl sites for hydroxylation is 2. The van der Waals surface area contributed by atoms with E-state index >= 15 is 0 Å². The minimum Gasteiger partial charge on any atom is -0.445 e.